The molecule has 2 heterocycles. The number of nitrogens with one attached hydrogen (secondary N) is 2. The largest absolute Gasteiger partial charge is 0.432 e. The van der Waals surface area contributed by atoms with Gasteiger partial charge in [-0.2, -0.15) is 18.3 Å². The van der Waals surface area contributed by atoms with E-state index < -0.39 is 17.8 Å². The molecule has 0 spiro atoms. The normalized spacial score (nSPS) is 11.6. The van der Waals surface area contributed by atoms with E-state index in [1.807, 2.05) is 6.92 Å². The van der Waals surface area contributed by atoms with Gasteiger partial charge in [-0.25, -0.2) is 4.98 Å². The lowest BCUT2D eigenvalue weighted by atomic mass is 10.3. The predicted octanol–water partition coefficient (Wildman–Crippen LogP) is 2.75. The third-order valence-electron chi connectivity index (χ3n) is 2.36. The van der Waals surface area contributed by atoms with E-state index in [9.17, 15) is 18.0 Å². The molecule has 0 bridgehead atoms. The van der Waals surface area contributed by atoms with Crippen molar-refractivity contribution in [2.75, 3.05) is 5.32 Å². The number of carbonyl (C=O) groups is 1. The molecule has 0 aliphatic carbocycles. The average molecular weight is 290 g/mol. The summed E-state index contributed by atoms with van der Waals surface area (Å²) < 4.78 is 37.0. The van der Waals surface area contributed by atoms with Crippen LogP contribution in [0, 0.1) is 13.8 Å². The van der Waals surface area contributed by atoms with Gasteiger partial charge in [0.05, 0.1) is 5.69 Å². The van der Waals surface area contributed by atoms with Crippen molar-refractivity contribution in [3.8, 4) is 0 Å². The van der Waals surface area contributed by atoms with Crippen LogP contribution in [0.15, 0.2) is 6.07 Å². The average Bonchev–Trinajstić information content (AvgIpc) is 2.86. The minimum atomic E-state index is -4.56. The Morgan fingerprint density at radius 3 is 2.58 bits per heavy atom. The lowest BCUT2D eigenvalue weighted by Gasteiger charge is -2.00. The van der Waals surface area contributed by atoms with Crippen LogP contribution in [-0.2, 0) is 6.18 Å². The van der Waals surface area contributed by atoms with Crippen LogP contribution in [0.2, 0.25) is 0 Å². The van der Waals surface area contributed by atoms with Crippen LogP contribution in [0.25, 0.3) is 0 Å². The van der Waals surface area contributed by atoms with Gasteiger partial charge < -0.3 is 0 Å². The summed E-state index contributed by atoms with van der Waals surface area (Å²) in [7, 11) is 0. The van der Waals surface area contributed by atoms with Gasteiger partial charge in [0, 0.05) is 10.9 Å². The summed E-state index contributed by atoms with van der Waals surface area (Å²) in [6, 6.07) is 0.655. The molecule has 0 aromatic carbocycles. The molecule has 9 heteroatoms. The molecule has 19 heavy (non-hydrogen) atoms. The van der Waals surface area contributed by atoms with E-state index in [0.29, 0.717) is 11.2 Å². The Bertz CT molecular complexity index is 597. The monoisotopic (exact) mass is 290 g/mol. The molecule has 5 nitrogen and oxygen atoms in total. The van der Waals surface area contributed by atoms with Gasteiger partial charge in [-0.3, -0.25) is 15.2 Å². The predicted molar refractivity (Wildman–Crippen MR) is 63.1 cm³/mol. The van der Waals surface area contributed by atoms with Crippen molar-refractivity contribution in [1.82, 2.24) is 15.2 Å². The summed E-state index contributed by atoms with van der Waals surface area (Å²) in [6.45, 7) is 3.61. The maximum atomic E-state index is 12.3. The van der Waals surface area contributed by atoms with Crippen LogP contribution < -0.4 is 5.32 Å². The van der Waals surface area contributed by atoms with E-state index in [0.717, 1.165) is 10.6 Å². The van der Waals surface area contributed by atoms with Crippen LogP contribution in [0.5, 0.6) is 0 Å². The number of amides is 1. The number of hydrogen-bond donors (Lipinski definition) is 2. The zero-order valence-corrected chi connectivity index (χ0v) is 10.7. The highest BCUT2D eigenvalue weighted by atomic mass is 32.1. The third kappa shape index (κ3) is 2.92. The summed E-state index contributed by atoms with van der Waals surface area (Å²) in [5.74, 6) is -0.736. The van der Waals surface area contributed by atoms with Gasteiger partial charge >= 0.3 is 6.18 Å². The number of H-pyrrole nitrogens is 1. The van der Waals surface area contributed by atoms with Gasteiger partial charge in [0.2, 0.25) is 0 Å². The van der Waals surface area contributed by atoms with Crippen molar-refractivity contribution in [3.05, 3.63) is 28.0 Å². The van der Waals surface area contributed by atoms with E-state index in [2.05, 4.69) is 15.4 Å². The van der Waals surface area contributed by atoms with Crippen LogP contribution in [0.3, 0.4) is 0 Å². The first-order valence-electron chi connectivity index (χ1n) is 5.15. The first-order valence-corrected chi connectivity index (χ1v) is 5.97. The Kier molecular flexibility index (Phi) is 3.31. The molecule has 102 valence electrons. The molecule has 2 rings (SSSR count). The highest BCUT2D eigenvalue weighted by Gasteiger charge is 2.33. The fraction of sp³-hybridized carbons (Fsp3) is 0.300. The standard InChI is InChI=1S/C10H9F3N4OS/c1-4-5(2)19-9(14-4)15-8(18)6-3-7(17-16-6)10(11,12)13/h3H,1-2H3,(H,16,17)(H,14,15,18). The second-order valence-electron chi connectivity index (χ2n) is 3.78. The summed E-state index contributed by atoms with van der Waals surface area (Å²) >= 11 is 1.25. The molecule has 0 aliphatic heterocycles. The van der Waals surface area contributed by atoms with Crippen molar-refractivity contribution < 1.29 is 18.0 Å². The first-order chi connectivity index (χ1) is 8.77. The minimum Gasteiger partial charge on any atom is -0.296 e. The number of anilines is 1. The van der Waals surface area contributed by atoms with Gasteiger partial charge in [0.1, 0.15) is 5.69 Å². The Morgan fingerprint density at radius 1 is 1.42 bits per heavy atom. The Labute approximate surface area is 109 Å². The van der Waals surface area contributed by atoms with Gasteiger partial charge in [-0.05, 0) is 13.8 Å². The molecule has 0 unspecified atom stereocenters. The quantitative estimate of drug-likeness (QED) is 0.893. The molecule has 0 saturated carbocycles. The minimum absolute atomic E-state index is 0.330. The van der Waals surface area contributed by atoms with E-state index in [1.165, 1.54) is 11.3 Å². The first kappa shape index (κ1) is 13.5. The van der Waals surface area contributed by atoms with Gasteiger partial charge in [0.15, 0.2) is 10.8 Å². The van der Waals surface area contributed by atoms with E-state index in [4.69, 9.17) is 0 Å². The third-order valence-corrected chi connectivity index (χ3v) is 3.35. The fourth-order valence-electron chi connectivity index (χ4n) is 1.27. The number of nitrogens with zero attached hydrogens (tertiary/aromatic N) is 2. The van der Waals surface area contributed by atoms with Crippen molar-refractivity contribution in [2.45, 2.75) is 20.0 Å². The Hall–Kier alpha value is -1.90. The summed E-state index contributed by atoms with van der Waals surface area (Å²) in [4.78, 5) is 16.7. The molecule has 2 aromatic heterocycles. The molecule has 1 amide bonds. The molecule has 2 N–H and O–H groups in total. The van der Waals surface area contributed by atoms with Gasteiger partial charge in [-0.1, -0.05) is 0 Å². The van der Waals surface area contributed by atoms with Crippen LogP contribution in [-0.4, -0.2) is 21.1 Å². The molecule has 0 aliphatic rings. The van der Waals surface area contributed by atoms with Crippen molar-refractivity contribution >= 4 is 22.4 Å². The second-order valence-corrected chi connectivity index (χ2v) is 4.98. The number of aromatic nitrogens is 3. The van der Waals surface area contributed by atoms with E-state index in [1.54, 1.807) is 12.0 Å². The molecular formula is C10H9F3N4OS. The van der Waals surface area contributed by atoms with Crippen molar-refractivity contribution in [2.24, 2.45) is 0 Å². The molecule has 0 fully saturated rings. The number of halogens is 3. The zero-order valence-electron chi connectivity index (χ0n) is 9.92. The number of thiazole rings is 1. The number of aromatic amines is 1. The second kappa shape index (κ2) is 4.65. The van der Waals surface area contributed by atoms with Crippen LogP contribution in [0.1, 0.15) is 26.8 Å². The summed E-state index contributed by atoms with van der Waals surface area (Å²) in [5.41, 5.74) is -0.639. The highest BCUT2D eigenvalue weighted by molar-refractivity contribution is 7.15. The molecular weight excluding hydrogens is 281 g/mol. The number of carbonyl (C=O) groups excluding carboxylic acids is 1. The highest BCUT2D eigenvalue weighted by Crippen LogP contribution is 2.28. The van der Waals surface area contributed by atoms with Crippen molar-refractivity contribution in [3.63, 3.8) is 0 Å². The molecule has 0 radical (unpaired) electrons. The van der Waals surface area contributed by atoms with Crippen LogP contribution in [0.4, 0.5) is 18.3 Å². The van der Waals surface area contributed by atoms with E-state index >= 15 is 0 Å². The molecule has 2 aromatic rings. The number of hydrogen-bond acceptors (Lipinski definition) is 4. The fourth-order valence-corrected chi connectivity index (χ4v) is 2.08. The molecule has 0 saturated heterocycles. The van der Waals surface area contributed by atoms with E-state index in [-0.39, 0.29) is 5.69 Å². The lowest BCUT2D eigenvalue weighted by molar-refractivity contribution is -0.141. The molecule has 0 atom stereocenters. The number of rotatable bonds is 2. The topological polar surface area (TPSA) is 70.7 Å². The Balaban J connectivity index is 2.14. The lowest BCUT2D eigenvalue weighted by Crippen LogP contribution is -2.12. The van der Waals surface area contributed by atoms with Crippen molar-refractivity contribution in [1.29, 1.82) is 0 Å². The summed E-state index contributed by atoms with van der Waals surface area (Å²) in [5, 5.41) is 7.84. The Morgan fingerprint density at radius 2 is 2.11 bits per heavy atom. The number of alkyl halides is 3. The maximum absolute atomic E-state index is 12.3. The summed E-state index contributed by atoms with van der Waals surface area (Å²) in [6.07, 6.45) is -4.56. The van der Waals surface area contributed by atoms with Gasteiger partial charge in [-0.15, -0.1) is 11.3 Å². The zero-order chi connectivity index (χ0) is 14.2. The maximum Gasteiger partial charge on any atom is 0.432 e. The SMILES string of the molecule is Cc1nc(NC(=O)c2cc(C(F)(F)F)[nH]n2)sc1C. The smallest absolute Gasteiger partial charge is 0.296 e. The van der Waals surface area contributed by atoms with Gasteiger partial charge in [0.25, 0.3) is 5.91 Å². The van der Waals surface area contributed by atoms with Crippen LogP contribution >= 0.6 is 11.3 Å². The number of aryl methyl sites for hydroxylation is 2.